The molecule has 2 N–H and O–H groups in total. The average molecular weight is 2070 g/mol. The van der Waals surface area contributed by atoms with E-state index in [-0.39, 0.29) is 306 Å². The molecule has 0 aromatic rings. The molecule has 16 bridgehead atoms. The fourth-order valence-corrected chi connectivity index (χ4v) is 21.9. The van der Waals surface area contributed by atoms with Crippen LogP contribution in [0.2, 0.25) is 0 Å². The van der Waals surface area contributed by atoms with Gasteiger partial charge in [-0.1, -0.05) is 195 Å². The summed E-state index contributed by atoms with van der Waals surface area (Å²) >= 11 is 0. The third kappa shape index (κ3) is 37.0. The molecule has 856 valence electrons. The molecule has 28 nitrogen and oxygen atoms in total. The second kappa shape index (κ2) is 63.0. The smallest absolute Gasteiger partial charge is 0.313 e. The summed E-state index contributed by atoms with van der Waals surface area (Å²) in [6.07, 6.45) is 24.2. The van der Waals surface area contributed by atoms with Gasteiger partial charge in [-0.2, -0.15) is 0 Å². The molecule has 23 atom stereocenters. The Morgan fingerprint density at radius 1 is 0.354 bits per heavy atom. The Balaban J connectivity index is -0.000000242. The van der Waals surface area contributed by atoms with Crippen molar-refractivity contribution in [3.63, 3.8) is 0 Å². The number of methoxy groups -OCH3 is 1. The minimum absolute atomic E-state index is 0. The third-order valence-corrected chi connectivity index (χ3v) is 32.1. The number of carbonyl (C=O) groups is 12. The molecule has 4 saturated heterocycles. The fourth-order valence-electron chi connectivity index (χ4n) is 21.9. The largest absolute Gasteiger partial charge is 0.459 e. The number of hydrogen-bond donors (Lipinski definition) is 2. The van der Waals surface area contributed by atoms with Crippen molar-refractivity contribution in [3.05, 3.63) is 0 Å². The number of esters is 12. The van der Waals surface area contributed by atoms with Gasteiger partial charge in [0, 0.05) is 63.1 Å². The predicted octanol–water partition coefficient (Wildman–Crippen LogP) is 26.6. The fraction of sp³-hybridized carbons (Fsp3) is 0.897. The highest BCUT2D eigenvalue weighted by atomic mass is 16.7. The molecule has 18 aliphatic rings. The van der Waals surface area contributed by atoms with E-state index in [0.29, 0.717) is 73.2 Å². The molecular formula is C116H224O28. The van der Waals surface area contributed by atoms with Gasteiger partial charge >= 0.3 is 71.6 Å². The van der Waals surface area contributed by atoms with E-state index in [2.05, 4.69) is 4.74 Å². The molecule has 18 fully saturated rings. The maximum atomic E-state index is 12.4. The zero-order valence-electron chi connectivity index (χ0n) is 81.6. The molecule has 4 aliphatic heterocycles. The number of rotatable bonds is 27. The minimum Gasteiger partial charge on any atom is -0.459 e. The lowest BCUT2D eigenvalue weighted by Crippen LogP contribution is -2.61. The van der Waals surface area contributed by atoms with Crippen LogP contribution < -0.4 is 0 Å². The molecule has 0 aromatic heterocycles. The molecule has 0 radical (unpaired) electrons. The SMILES string of the molecule is C.C.C.C.C.C.C.C.C.C.C.C.C.C.C.C.CCC(C)(C)C(=O)OC12CC3CC(CC(O)(C3)C1)C2.CCC(C)(C)C(=O)OC1C2CC3C(=O)OC1C3C2.CCC(C)(C)C(=O)OC1CCC2CC1OC2=O.CCC(C)(C)C(=O)OCOC.CCC(C)C(=O)OC12CC3CC(CC(O)(C3)C1)C2.CCC(C)C(=O)OC1C2CC3C(=O)OC1C3C2.CCC(C)C(=O)OC1CCC2CC1OC2=O.CCOCOC(=O)C(C)(C)CC. The van der Waals surface area contributed by atoms with Crippen LogP contribution in [0.5, 0.6) is 0 Å². The normalized spacial score (nSPS) is 31.5. The van der Waals surface area contributed by atoms with Crippen molar-refractivity contribution in [2.45, 2.75) is 535 Å². The van der Waals surface area contributed by atoms with Crippen molar-refractivity contribution in [1.29, 1.82) is 0 Å². The Morgan fingerprint density at radius 3 is 1.01 bits per heavy atom. The summed E-state index contributed by atoms with van der Waals surface area (Å²) in [6, 6.07) is 0. The van der Waals surface area contributed by atoms with E-state index in [1.807, 2.05) is 152 Å². The molecule has 14 aliphatic carbocycles. The molecule has 144 heavy (non-hydrogen) atoms. The minimum atomic E-state index is -0.555. The van der Waals surface area contributed by atoms with Crippen LogP contribution in [0, 0.1) is 116 Å². The second-order valence-corrected chi connectivity index (χ2v) is 44.0. The third-order valence-electron chi connectivity index (χ3n) is 32.1. The zero-order valence-corrected chi connectivity index (χ0v) is 81.6. The number of aliphatic hydroxyl groups is 2. The lowest BCUT2D eigenvalue weighted by atomic mass is 9.52. The maximum absolute atomic E-state index is 12.4. The van der Waals surface area contributed by atoms with Crippen molar-refractivity contribution in [2.75, 3.05) is 27.3 Å². The first-order valence-corrected chi connectivity index (χ1v) is 48.9. The van der Waals surface area contributed by atoms with E-state index in [9.17, 15) is 67.7 Å². The zero-order chi connectivity index (χ0) is 94.9. The van der Waals surface area contributed by atoms with E-state index in [0.717, 1.165) is 161 Å². The Hall–Kier alpha value is -6.52. The molecule has 4 heterocycles. The molecule has 28 heteroatoms. The van der Waals surface area contributed by atoms with Gasteiger partial charge in [-0.3, -0.25) is 57.5 Å². The van der Waals surface area contributed by atoms with Crippen molar-refractivity contribution in [2.24, 2.45) is 116 Å². The molecule has 0 amide bonds. The van der Waals surface area contributed by atoms with Gasteiger partial charge in [-0.25, -0.2) is 0 Å². The average Bonchev–Trinajstić information content (AvgIpc) is 1.18. The monoisotopic (exact) mass is 2070 g/mol. The highest BCUT2D eigenvalue weighted by molar-refractivity contribution is 5.81. The van der Waals surface area contributed by atoms with Crippen LogP contribution in [0.25, 0.3) is 0 Å². The van der Waals surface area contributed by atoms with Crippen LogP contribution in [-0.4, -0.2) is 180 Å². The summed E-state index contributed by atoms with van der Waals surface area (Å²) < 4.78 is 74.3. The van der Waals surface area contributed by atoms with Crippen LogP contribution in [0.4, 0.5) is 0 Å². The first kappa shape index (κ1) is 153. The molecule has 0 spiro atoms. The van der Waals surface area contributed by atoms with Crippen molar-refractivity contribution >= 4 is 71.6 Å². The molecule has 18 rings (SSSR count). The Morgan fingerprint density at radius 2 is 0.667 bits per heavy atom. The summed E-state index contributed by atoms with van der Waals surface area (Å²) in [5.41, 5.74) is -3.90. The first-order chi connectivity index (χ1) is 59.9. The van der Waals surface area contributed by atoms with Crippen LogP contribution in [0.3, 0.4) is 0 Å². The van der Waals surface area contributed by atoms with Gasteiger partial charge in [0.1, 0.15) is 60.0 Å². The molecular weight excluding hydrogens is 1840 g/mol. The molecule has 14 saturated carbocycles. The maximum Gasteiger partial charge on any atom is 0.313 e. The summed E-state index contributed by atoms with van der Waals surface area (Å²) in [5.74, 6) is 1.99. The first-order valence-electron chi connectivity index (χ1n) is 48.9. The Labute approximate surface area is 879 Å². The highest BCUT2D eigenvalue weighted by Gasteiger charge is 2.66. The van der Waals surface area contributed by atoms with Gasteiger partial charge in [-0.15, -0.1) is 0 Å². The van der Waals surface area contributed by atoms with Gasteiger partial charge in [0.2, 0.25) is 0 Å². The predicted molar refractivity (Wildman–Crippen MR) is 577 cm³/mol. The number of hydrogen-bond acceptors (Lipinski definition) is 28. The van der Waals surface area contributed by atoms with Gasteiger partial charge < -0.3 is 76.5 Å². The topological polar surface area (TPSA) is 375 Å². The summed E-state index contributed by atoms with van der Waals surface area (Å²) in [6.45, 7) is 42.9. The van der Waals surface area contributed by atoms with Crippen molar-refractivity contribution in [3.8, 4) is 0 Å². The van der Waals surface area contributed by atoms with E-state index >= 15 is 0 Å². The van der Waals surface area contributed by atoms with Crippen molar-refractivity contribution < 1.29 is 134 Å². The van der Waals surface area contributed by atoms with Crippen LogP contribution in [-0.2, 0) is 124 Å². The van der Waals surface area contributed by atoms with E-state index < -0.39 is 38.3 Å². The van der Waals surface area contributed by atoms with Crippen LogP contribution in [0.1, 0.15) is 464 Å². The van der Waals surface area contributed by atoms with Gasteiger partial charge in [0.15, 0.2) is 13.6 Å². The second-order valence-electron chi connectivity index (χ2n) is 44.0. The quantitative estimate of drug-likeness (QED) is 0.0334. The lowest BCUT2D eigenvalue weighted by molar-refractivity contribution is -0.225. The van der Waals surface area contributed by atoms with E-state index in [1.54, 1.807) is 0 Å². The summed E-state index contributed by atoms with van der Waals surface area (Å²) in [4.78, 5) is 140. The lowest BCUT2D eigenvalue weighted by Gasteiger charge is -2.59. The van der Waals surface area contributed by atoms with E-state index in [1.165, 1.54) is 20.0 Å². The standard InChI is InChI=1S/C16H26O3.C15H24O3.C14H20O4.C13H18O4.C13H20O4.C12H18O4.C9H18O3.C8H16O3.16CH4/c1-4-14(2,3)13(17)19-16-8-11-5-12(9-16)7-15(18,6-11)10-16;1-3-10(2)13(16)18-15-7-11-4-12(8-15)6-14(17,5-11)9-15;1-4-14(2,3)13(16)18-10-7-5-8-9(6-7)12(15)17-11(8)10;1-3-6(2)12(14)16-10-7-4-8-9(5-7)13(15)17-11(8)10;1-4-13(2,3)12(15)17-9-6-5-8-7-10(9)16-11(8)14;1-3-7(2)11(13)15-9-5-4-8-6-10(9)16-12(8)14;1-5-9(3,4)8(10)12-7-11-6-2;1-5-8(2,3)7(9)11-6-10-4;;;;;;;;;;;;;;;;/h11-12,18H,4-10H2,1-3H3;10-12,17H,3-9H2,1-2H3;7-11H,4-6H2,1-3H3;6-11H,3-5H2,1-2H3;8-10H,4-7H2,1-3H3;7-10H,3-6H2,1-2H3;5-7H2,1-4H3;5-6H2,1-4H3;16*1H4. The van der Waals surface area contributed by atoms with Crippen LogP contribution >= 0.6 is 0 Å². The highest BCUT2D eigenvalue weighted by Crippen LogP contribution is 2.62. The molecule has 23 unspecified atom stereocenters. The number of ether oxygens (including phenoxy) is 14. The summed E-state index contributed by atoms with van der Waals surface area (Å²) in [7, 11) is 1.49. The van der Waals surface area contributed by atoms with Gasteiger partial charge in [0.25, 0.3) is 0 Å². The van der Waals surface area contributed by atoms with Crippen molar-refractivity contribution in [1.82, 2.24) is 0 Å². The van der Waals surface area contributed by atoms with E-state index in [4.69, 9.17) is 61.6 Å². The Bertz CT molecular complexity index is 3830. The molecule has 0 aromatic carbocycles. The number of carbonyl (C=O) groups excluding carboxylic acids is 12. The van der Waals surface area contributed by atoms with Gasteiger partial charge in [-0.05, 0) is 267 Å². The Kier molecular flexibility index (Phi) is 66.8. The number of fused-ring (bicyclic) bond motifs is 6. The summed E-state index contributed by atoms with van der Waals surface area (Å²) in [5, 5.41) is 21.2. The van der Waals surface area contributed by atoms with Crippen LogP contribution in [0.15, 0.2) is 0 Å². The van der Waals surface area contributed by atoms with Gasteiger partial charge in [0.05, 0.1) is 79.7 Å².